The summed E-state index contributed by atoms with van der Waals surface area (Å²) in [6.45, 7) is 4.77. The lowest BCUT2D eigenvalue weighted by molar-refractivity contribution is -0.163. The molecule has 1 saturated heterocycles. The molecule has 0 saturated carbocycles. The highest BCUT2D eigenvalue weighted by Gasteiger charge is 2.60. The molecule has 0 bridgehead atoms. The van der Waals surface area contributed by atoms with Crippen LogP contribution < -0.4 is 0 Å². The van der Waals surface area contributed by atoms with Crippen LogP contribution in [0.2, 0.25) is 0 Å². The molecule has 0 aromatic carbocycles. The van der Waals surface area contributed by atoms with E-state index in [1.165, 1.54) is 34.9 Å². The number of aliphatic hydroxyl groups is 1. The number of hydrogen-bond acceptors (Lipinski definition) is 8. The molecule has 1 amide bonds. The zero-order valence-electron chi connectivity index (χ0n) is 14.3. The summed E-state index contributed by atoms with van der Waals surface area (Å²) in [5.74, 6) is -2.74. The van der Waals surface area contributed by atoms with E-state index in [2.05, 4.69) is 4.98 Å². The zero-order chi connectivity index (χ0) is 19.2. The summed E-state index contributed by atoms with van der Waals surface area (Å²) >= 11 is 2.52. The molecule has 1 unspecified atom stereocenters. The molecule has 0 spiro atoms. The first-order chi connectivity index (χ1) is 12.2. The number of carbonyl (C=O) groups is 3. The highest BCUT2D eigenvalue weighted by molar-refractivity contribution is 8.04. The van der Waals surface area contributed by atoms with Gasteiger partial charge in [0.1, 0.15) is 12.3 Å². The number of carboxylic acid groups (broad SMARTS) is 1. The van der Waals surface area contributed by atoms with Gasteiger partial charge in [0.05, 0.1) is 23.8 Å². The fourth-order valence-corrected chi connectivity index (χ4v) is 5.42. The molecule has 26 heavy (non-hydrogen) atoms. The SMILES string of the molecule is CC(=O)OCc1csc(SC2=C(C(=O)O)N3C(=O)[C@H]([C@@H](C)O)C3[C@H]2C)n1. The summed E-state index contributed by atoms with van der Waals surface area (Å²) in [5.41, 5.74) is 0.545. The van der Waals surface area contributed by atoms with E-state index >= 15 is 0 Å². The summed E-state index contributed by atoms with van der Waals surface area (Å²) < 4.78 is 5.51. The number of thiazole rings is 1. The molecule has 10 heteroatoms. The highest BCUT2D eigenvalue weighted by Crippen LogP contribution is 2.52. The number of carboxylic acids is 1. The minimum absolute atomic E-state index is 0.0360. The first-order valence-corrected chi connectivity index (χ1v) is 9.66. The fraction of sp³-hybridized carbons (Fsp3) is 0.500. The molecule has 3 rings (SSSR count). The summed E-state index contributed by atoms with van der Waals surface area (Å²) in [4.78, 5) is 41.1. The van der Waals surface area contributed by atoms with Crippen LogP contribution in [0.1, 0.15) is 26.5 Å². The van der Waals surface area contributed by atoms with Gasteiger partial charge in [-0.1, -0.05) is 18.7 Å². The van der Waals surface area contributed by atoms with Crippen molar-refractivity contribution in [1.82, 2.24) is 9.88 Å². The van der Waals surface area contributed by atoms with Crippen LogP contribution in [0.5, 0.6) is 0 Å². The third-order valence-corrected chi connectivity index (χ3v) is 6.73. The van der Waals surface area contributed by atoms with Crippen molar-refractivity contribution in [2.45, 2.75) is 43.9 Å². The standard InChI is InChI=1S/C16H18N2O6S2/c1-6-11-10(7(2)19)14(21)18(11)12(15(22)23)13(6)26-16-17-9(5-25-16)4-24-8(3)20/h5-7,10-11,19H,4H2,1-3H3,(H,22,23)/t6-,7-,10-,11?/m1/s1. The Bertz CT molecular complexity index is 802. The van der Waals surface area contributed by atoms with E-state index < -0.39 is 24.0 Å². The maximum Gasteiger partial charge on any atom is 0.353 e. The number of aromatic nitrogens is 1. The Kier molecular flexibility index (Phi) is 5.09. The highest BCUT2D eigenvalue weighted by atomic mass is 32.2. The maximum absolute atomic E-state index is 12.3. The molecule has 2 N–H and O–H groups in total. The second kappa shape index (κ2) is 7.01. The summed E-state index contributed by atoms with van der Waals surface area (Å²) in [7, 11) is 0. The van der Waals surface area contributed by atoms with Gasteiger partial charge in [0.2, 0.25) is 5.91 Å². The van der Waals surface area contributed by atoms with Crippen LogP contribution in [0.25, 0.3) is 0 Å². The van der Waals surface area contributed by atoms with Crippen molar-refractivity contribution in [2.75, 3.05) is 0 Å². The smallest absolute Gasteiger partial charge is 0.353 e. The largest absolute Gasteiger partial charge is 0.477 e. The Labute approximate surface area is 157 Å². The van der Waals surface area contributed by atoms with E-state index in [1.807, 2.05) is 6.92 Å². The number of fused-ring (bicyclic) bond motifs is 1. The van der Waals surface area contributed by atoms with Gasteiger partial charge in [-0.25, -0.2) is 9.78 Å². The van der Waals surface area contributed by atoms with Crippen LogP contribution in [0.3, 0.4) is 0 Å². The van der Waals surface area contributed by atoms with Gasteiger partial charge in [-0.15, -0.1) is 11.3 Å². The van der Waals surface area contributed by atoms with Gasteiger partial charge >= 0.3 is 11.9 Å². The van der Waals surface area contributed by atoms with Crippen LogP contribution in [-0.4, -0.2) is 50.1 Å². The molecule has 4 atom stereocenters. The van der Waals surface area contributed by atoms with Crippen molar-refractivity contribution in [1.29, 1.82) is 0 Å². The molecule has 2 aliphatic heterocycles. The number of ether oxygens (including phenoxy) is 1. The molecule has 2 aliphatic rings. The molecular weight excluding hydrogens is 380 g/mol. The van der Waals surface area contributed by atoms with Crippen LogP contribution in [0.15, 0.2) is 20.3 Å². The minimum atomic E-state index is -1.17. The average Bonchev–Trinajstić information content (AvgIpc) is 3.08. The number of amides is 1. The molecule has 3 heterocycles. The number of nitrogens with zero attached hydrogens (tertiary/aromatic N) is 2. The van der Waals surface area contributed by atoms with Gasteiger partial charge in [-0.3, -0.25) is 9.59 Å². The predicted octanol–water partition coefficient (Wildman–Crippen LogP) is 1.45. The van der Waals surface area contributed by atoms with Crippen molar-refractivity contribution in [3.8, 4) is 0 Å². The van der Waals surface area contributed by atoms with Gasteiger partial charge in [-0.2, -0.15) is 0 Å². The Hall–Kier alpha value is -1.91. The average molecular weight is 398 g/mol. The molecular formula is C16H18N2O6S2. The topological polar surface area (TPSA) is 117 Å². The second-order valence-electron chi connectivity index (χ2n) is 6.26. The first-order valence-electron chi connectivity index (χ1n) is 7.96. The van der Waals surface area contributed by atoms with Crippen LogP contribution >= 0.6 is 23.1 Å². The van der Waals surface area contributed by atoms with E-state index in [-0.39, 0.29) is 30.2 Å². The van der Waals surface area contributed by atoms with E-state index in [0.29, 0.717) is 14.9 Å². The normalized spacial score (nSPS) is 25.8. The summed E-state index contributed by atoms with van der Waals surface area (Å²) in [5, 5.41) is 21.2. The third-order valence-electron chi connectivity index (χ3n) is 4.46. The third kappa shape index (κ3) is 3.12. The van der Waals surface area contributed by atoms with E-state index in [1.54, 1.807) is 12.3 Å². The van der Waals surface area contributed by atoms with Crippen LogP contribution in [0, 0.1) is 11.8 Å². The second-order valence-corrected chi connectivity index (χ2v) is 8.41. The lowest BCUT2D eigenvalue weighted by Gasteiger charge is -2.46. The minimum Gasteiger partial charge on any atom is -0.477 e. The number of esters is 1. The van der Waals surface area contributed by atoms with Gasteiger partial charge in [0, 0.05) is 23.1 Å². The van der Waals surface area contributed by atoms with E-state index in [4.69, 9.17) is 4.74 Å². The molecule has 0 radical (unpaired) electrons. The van der Waals surface area contributed by atoms with E-state index in [9.17, 15) is 24.6 Å². The Morgan fingerprint density at radius 1 is 1.50 bits per heavy atom. The lowest BCUT2D eigenvalue weighted by Crippen LogP contribution is -2.63. The number of β-lactam (4-membered cyclic amide) rings is 1. The predicted molar refractivity (Wildman–Crippen MR) is 93.1 cm³/mol. The number of aliphatic hydroxyl groups excluding tert-OH is 1. The van der Waals surface area contributed by atoms with Crippen LogP contribution in [0.4, 0.5) is 0 Å². The van der Waals surface area contributed by atoms with Gasteiger partial charge in [0.25, 0.3) is 0 Å². The number of thioether (sulfide) groups is 1. The molecule has 1 aromatic rings. The number of carbonyl (C=O) groups excluding carboxylic acids is 2. The molecule has 1 aromatic heterocycles. The summed E-state index contributed by atoms with van der Waals surface area (Å²) in [6.07, 6.45) is -0.833. The van der Waals surface area contributed by atoms with E-state index in [0.717, 1.165) is 0 Å². The monoisotopic (exact) mass is 398 g/mol. The molecule has 140 valence electrons. The maximum atomic E-state index is 12.3. The van der Waals surface area contributed by atoms with Crippen molar-refractivity contribution in [2.24, 2.45) is 11.8 Å². The quantitative estimate of drug-likeness (QED) is 0.546. The first kappa shape index (κ1) is 18.9. The van der Waals surface area contributed by atoms with Gasteiger partial charge in [-0.05, 0) is 6.92 Å². The molecule has 0 aliphatic carbocycles. The molecule has 1 fully saturated rings. The van der Waals surface area contributed by atoms with Gasteiger partial charge < -0.3 is 19.8 Å². The number of hydrogen-bond donors (Lipinski definition) is 2. The Morgan fingerprint density at radius 3 is 2.77 bits per heavy atom. The van der Waals surface area contributed by atoms with Crippen LogP contribution in [-0.2, 0) is 25.7 Å². The Balaban J connectivity index is 1.83. The zero-order valence-corrected chi connectivity index (χ0v) is 16.0. The van der Waals surface area contributed by atoms with Crippen molar-refractivity contribution < 1.29 is 29.3 Å². The fourth-order valence-electron chi connectivity index (χ4n) is 3.33. The van der Waals surface area contributed by atoms with Gasteiger partial charge in [0.15, 0.2) is 4.34 Å². The lowest BCUT2D eigenvalue weighted by atomic mass is 9.79. The van der Waals surface area contributed by atoms with Crippen molar-refractivity contribution >= 4 is 40.9 Å². The Morgan fingerprint density at radius 2 is 2.19 bits per heavy atom. The van der Waals surface area contributed by atoms with Crippen molar-refractivity contribution in [3.63, 3.8) is 0 Å². The summed E-state index contributed by atoms with van der Waals surface area (Å²) in [6, 6.07) is -0.350. The number of aliphatic carboxylic acids is 1. The van der Waals surface area contributed by atoms with Crippen molar-refractivity contribution in [3.05, 3.63) is 21.7 Å². The molecule has 8 nitrogen and oxygen atoms in total. The number of rotatable bonds is 6.